The Balaban J connectivity index is 1.53. The molecule has 1 aliphatic rings. The molecule has 0 atom stereocenters. The lowest BCUT2D eigenvalue weighted by Gasteiger charge is -2.10. The van der Waals surface area contributed by atoms with Gasteiger partial charge in [-0.15, -0.1) is 0 Å². The van der Waals surface area contributed by atoms with Crippen molar-refractivity contribution in [3.63, 3.8) is 0 Å². The Morgan fingerprint density at radius 3 is 2.35 bits per heavy atom. The molecule has 1 heterocycles. The summed E-state index contributed by atoms with van der Waals surface area (Å²) in [5.74, 6) is 0.988. The molecule has 0 unspecified atom stereocenters. The van der Waals surface area contributed by atoms with Gasteiger partial charge in [0.2, 0.25) is 5.78 Å². The number of carbonyl (C=O) groups is 2. The van der Waals surface area contributed by atoms with Gasteiger partial charge in [0, 0.05) is 6.07 Å². The van der Waals surface area contributed by atoms with E-state index in [1.807, 2.05) is 31.2 Å². The minimum Gasteiger partial charge on any atom is -0.493 e. The minimum absolute atomic E-state index is 0.214. The maximum atomic E-state index is 12.6. The van der Waals surface area contributed by atoms with Gasteiger partial charge in [-0.3, -0.25) is 4.79 Å². The van der Waals surface area contributed by atoms with Crippen LogP contribution in [0.1, 0.15) is 31.8 Å². The van der Waals surface area contributed by atoms with Crippen molar-refractivity contribution >= 4 is 17.8 Å². The molecule has 0 saturated heterocycles. The fourth-order valence-electron chi connectivity index (χ4n) is 3.17. The van der Waals surface area contributed by atoms with Crippen LogP contribution in [0.5, 0.6) is 23.0 Å². The largest absolute Gasteiger partial charge is 0.493 e. The summed E-state index contributed by atoms with van der Waals surface area (Å²) in [6.07, 6.45) is 1.69. The lowest BCUT2D eigenvalue weighted by Crippen LogP contribution is -2.09. The predicted molar refractivity (Wildman–Crippen MR) is 115 cm³/mol. The fraction of sp³-hybridized carbons (Fsp3) is 0.120. The topological polar surface area (TPSA) is 71.1 Å². The van der Waals surface area contributed by atoms with Crippen molar-refractivity contribution in [1.29, 1.82) is 0 Å². The zero-order valence-electron chi connectivity index (χ0n) is 17.3. The number of esters is 1. The van der Waals surface area contributed by atoms with Crippen LogP contribution in [0.2, 0.25) is 0 Å². The maximum Gasteiger partial charge on any atom is 0.343 e. The molecule has 0 amide bonds. The number of rotatable bonds is 5. The zero-order chi connectivity index (χ0) is 22.0. The average molecular weight is 416 g/mol. The second-order valence-electron chi connectivity index (χ2n) is 6.97. The van der Waals surface area contributed by atoms with Crippen LogP contribution >= 0.6 is 0 Å². The summed E-state index contributed by atoms with van der Waals surface area (Å²) in [4.78, 5) is 25.2. The van der Waals surface area contributed by atoms with E-state index >= 15 is 0 Å². The molecule has 6 nitrogen and oxygen atoms in total. The third-order valence-electron chi connectivity index (χ3n) is 4.85. The molecule has 6 heteroatoms. The Morgan fingerprint density at radius 1 is 0.903 bits per heavy atom. The molecular weight excluding hydrogens is 396 g/mol. The predicted octanol–water partition coefficient (Wildman–Crippen LogP) is 4.85. The molecule has 0 N–H and O–H groups in total. The molecule has 0 bridgehead atoms. The first-order valence-electron chi connectivity index (χ1n) is 9.57. The first-order chi connectivity index (χ1) is 15.0. The number of fused-ring (bicyclic) bond motifs is 1. The molecule has 0 saturated carbocycles. The number of hydrogen-bond donors (Lipinski definition) is 0. The first-order valence-corrected chi connectivity index (χ1v) is 9.57. The number of allylic oxidation sites excluding steroid dienone is 1. The zero-order valence-corrected chi connectivity index (χ0v) is 17.3. The van der Waals surface area contributed by atoms with Crippen LogP contribution in [0.15, 0.2) is 66.4 Å². The number of hydrogen-bond acceptors (Lipinski definition) is 6. The summed E-state index contributed by atoms with van der Waals surface area (Å²) in [6.45, 7) is 1.99. The SMILES string of the molecule is COc1ccc(C(=O)Oc2ccc3c(c2)O/C(=C\c2ccc(C)cc2)C3=O)cc1OC. The number of Topliss-reactive ketones (excluding diaryl/α,β-unsaturated/α-hetero) is 1. The molecule has 0 aromatic heterocycles. The first kappa shape index (κ1) is 20.2. The van der Waals surface area contributed by atoms with Crippen molar-refractivity contribution < 1.29 is 28.5 Å². The van der Waals surface area contributed by atoms with Crippen LogP contribution < -0.4 is 18.9 Å². The summed E-state index contributed by atoms with van der Waals surface area (Å²) in [5.41, 5.74) is 2.71. The number of carbonyl (C=O) groups excluding carboxylic acids is 2. The molecule has 4 rings (SSSR count). The van der Waals surface area contributed by atoms with Crippen molar-refractivity contribution in [2.24, 2.45) is 0 Å². The van der Waals surface area contributed by atoms with Crippen molar-refractivity contribution in [3.8, 4) is 23.0 Å². The van der Waals surface area contributed by atoms with Gasteiger partial charge in [-0.1, -0.05) is 29.8 Å². The van der Waals surface area contributed by atoms with Gasteiger partial charge in [0.15, 0.2) is 17.3 Å². The number of aryl methyl sites for hydroxylation is 1. The van der Waals surface area contributed by atoms with E-state index < -0.39 is 5.97 Å². The summed E-state index contributed by atoms with van der Waals surface area (Å²) < 4.78 is 21.6. The van der Waals surface area contributed by atoms with Gasteiger partial charge in [-0.05, 0) is 48.9 Å². The van der Waals surface area contributed by atoms with E-state index in [4.69, 9.17) is 18.9 Å². The van der Waals surface area contributed by atoms with Crippen LogP contribution in [0, 0.1) is 6.92 Å². The van der Waals surface area contributed by atoms with E-state index in [0.717, 1.165) is 11.1 Å². The lowest BCUT2D eigenvalue weighted by molar-refractivity contribution is 0.0734. The number of ether oxygens (including phenoxy) is 4. The Labute approximate surface area is 179 Å². The molecule has 156 valence electrons. The molecular formula is C25H20O6. The van der Waals surface area contributed by atoms with E-state index in [9.17, 15) is 9.59 Å². The van der Waals surface area contributed by atoms with Crippen molar-refractivity contribution in [1.82, 2.24) is 0 Å². The van der Waals surface area contributed by atoms with Gasteiger partial charge in [0.25, 0.3) is 0 Å². The van der Waals surface area contributed by atoms with Gasteiger partial charge in [0.05, 0.1) is 25.3 Å². The monoisotopic (exact) mass is 416 g/mol. The lowest BCUT2D eigenvalue weighted by atomic mass is 10.1. The summed E-state index contributed by atoms with van der Waals surface area (Å²) in [6, 6.07) is 17.2. The second kappa shape index (κ2) is 8.36. The molecule has 31 heavy (non-hydrogen) atoms. The van der Waals surface area contributed by atoms with Gasteiger partial charge in [0.1, 0.15) is 11.5 Å². The molecule has 0 radical (unpaired) electrons. The van der Waals surface area contributed by atoms with E-state index in [2.05, 4.69) is 0 Å². The third kappa shape index (κ3) is 4.14. The van der Waals surface area contributed by atoms with Crippen LogP contribution in [-0.4, -0.2) is 26.0 Å². The Kier molecular flexibility index (Phi) is 5.45. The van der Waals surface area contributed by atoms with Crippen molar-refractivity contribution in [2.45, 2.75) is 6.92 Å². The van der Waals surface area contributed by atoms with Crippen LogP contribution in [0.3, 0.4) is 0 Å². The maximum absolute atomic E-state index is 12.6. The van der Waals surface area contributed by atoms with E-state index in [1.165, 1.54) is 26.4 Å². The Bertz CT molecular complexity index is 1190. The van der Waals surface area contributed by atoms with E-state index in [1.54, 1.807) is 30.3 Å². The van der Waals surface area contributed by atoms with E-state index in [0.29, 0.717) is 28.4 Å². The Hall–Kier alpha value is -4.06. The van der Waals surface area contributed by atoms with E-state index in [-0.39, 0.29) is 17.3 Å². The van der Waals surface area contributed by atoms with Crippen LogP contribution in [0.25, 0.3) is 6.08 Å². The highest BCUT2D eigenvalue weighted by atomic mass is 16.5. The second-order valence-corrected chi connectivity index (χ2v) is 6.97. The molecule has 0 spiro atoms. The summed E-state index contributed by atoms with van der Waals surface area (Å²) >= 11 is 0. The fourth-order valence-corrected chi connectivity index (χ4v) is 3.17. The van der Waals surface area contributed by atoms with Crippen molar-refractivity contribution in [2.75, 3.05) is 14.2 Å². The highest BCUT2D eigenvalue weighted by Crippen LogP contribution is 2.35. The Morgan fingerprint density at radius 2 is 1.65 bits per heavy atom. The van der Waals surface area contributed by atoms with Crippen molar-refractivity contribution in [3.05, 3.63) is 88.7 Å². The highest BCUT2D eigenvalue weighted by molar-refractivity contribution is 6.14. The highest BCUT2D eigenvalue weighted by Gasteiger charge is 2.28. The van der Waals surface area contributed by atoms with Crippen LogP contribution in [-0.2, 0) is 0 Å². The van der Waals surface area contributed by atoms with Gasteiger partial charge >= 0.3 is 5.97 Å². The molecule has 0 fully saturated rings. The minimum atomic E-state index is -0.569. The summed E-state index contributed by atoms with van der Waals surface area (Å²) in [7, 11) is 3.01. The standard InChI is InChI=1S/C25H20O6/c1-15-4-6-16(7-5-15)12-23-24(26)19-10-9-18(14-21(19)31-23)30-25(27)17-8-11-20(28-2)22(13-17)29-3/h4-14H,1-3H3/b23-12-. The third-order valence-corrected chi connectivity index (χ3v) is 4.85. The molecule has 1 aliphatic heterocycles. The quantitative estimate of drug-likeness (QED) is 0.336. The molecule has 3 aromatic carbocycles. The smallest absolute Gasteiger partial charge is 0.343 e. The van der Waals surface area contributed by atoms with Gasteiger partial charge in [-0.2, -0.15) is 0 Å². The van der Waals surface area contributed by atoms with Gasteiger partial charge in [-0.25, -0.2) is 4.79 Å². The van der Waals surface area contributed by atoms with Gasteiger partial charge < -0.3 is 18.9 Å². The number of ketones is 1. The molecule has 0 aliphatic carbocycles. The number of benzene rings is 3. The average Bonchev–Trinajstić information content (AvgIpc) is 3.09. The summed E-state index contributed by atoms with van der Waals surface area (Å²) in [5, 5.41) is 0. The number of methoxy groups -OCH3 is 2. The van der Waals surface area contributed by atoms with Crippen LogP contribution in [0.4, 0.5) is 0 Å². The normalized spacial score (nSPS) is 13.5. The molecule has 3 aromatic rings.